The first-order valence-electron chi connectivity index (χ1n) is 10.2. The molecule has 0 spiro atoms. The summed E-state index contributed by atoms with van der Waals surface area (Å²) in [5.41, 5.74) is 0. The molecular weight excluding hydrogens is 300 g/mol. The Morgan fingerprint density at radius 3 is 2.58 bits per heavy atom. The van der Waals surface area contributed by atoms with Crippen LogP contribution in [0.15, 0.2) is 0 Å². The summed E-state index contributed by atoms with van der Waals surface area (Å²) in [7, 11) is 0. The third kappa shape index (κ3) is 5.73. The van der Waals surface area contributed by atoms with Gasteiger partial charge in [-0.05, 0) is 45.1 Å². The van der Waals surface area contributed by atoms with Gasteiger partial charge >= 0.3 is 0 Å². The minimum atomic E-state index is -0.452. The maximum Gasteiger partial charge on any atom is 0.223 e. The summed E-state index contributed by atoms with van der Waals surface area (Å²) in [5, 5.41) is 13.7. The summed E-state index contributed by atoms with van der Waals surface area (Å²) in [6, 6.07) is 0.400. The topological polar surface area (TPSA) is 52.6 Å². The first-order valence-corrected chi connectivity index (χ1v) is 10.2. The van der Waals surface area contributed by atoms with Crippen LogP contribution in [0.3, 0.4) is 0 Å². The molecule has 0 bridgehead atoms. The van der Waals surface area contributed by atoms with Crippen molar-refractivity contribution in [2.45, 2.75) is 96.7 Å². The lowest BCUT2D eigenvalue weighted by atomic mass is 9.83. The fraction of sp³-hybridized carbons (Fsp3) is 0.950. The van der Waals surface area contributed by atoms with Crippen molar-refractivity contribution in [3.8, 4) is 0 Å². The number of carbonyl (C=O) groups is 1. The zero-order chi connectivity index (χ0) is 17.5. The molecule has 1 aliphatic heterocycles. The van der Waals surface area contributed by atoms with Crippen LogP contribution in [-0.2, 0) is 4.79 Å². The molecule has 2 N–H and O–H groups in total. The van der Waals surface area contributed by atoms with Crippen LogP contribution >= 0.6 is 0 Å². The van der Waals surface area contributed by atoms with Crippen LogP contribution in [0.1, 0.15) is 78.6 Å². The molecule has 4 atom stereocenters. The Labute approximate surface area is 148 Å². The number of rotatable bonds is 6. The number of hydrogen-bond acceptors (Lipinski definition) is 3. The minimum Gasteiger partial charge on any atom is -0.390 e. The summed E-state index contributed by atoms with van der Waals surface area (Å²) in [6.45, 7) is 8.17. The fourth-order valence-corrected chi connectivity index (χ4v) is 4.47. The molecule has 1 aliphatic carbocycles. The molecule has 4 nitrogen and oxygen atoms in total. The highest BCUT2D eigenvalue weighted by Crippen LogP contribution is 2.29. The Kier molecular flexibility index (Phi) is 8.02. The van der Waals surface area contributed by atoms with Crippen molar-refractivity contribution in [2.75, 3.05) is 13.1 Å². The van der Waals surface area contributed by atoms with Crippen molar-refractivity contribution >= 4 is 5.91 Å². The van der Waals surface area contributed by atoms with Gasteiger partial charge in [0.15, 0.2) is 0 Å². The van der Waals surface area contributed by atoms with E-state index in [0.29, 0.717) is 12.6 Å². The van der Waals surface area contributed by atoms with E-state index in [2.05, 4.69) is 31.0 Å². The minimum absolute atomic E-state index is 0.0627. The predicted octanol–water partition coefficient (Wildman–Crippen LogP) is 3.33. The summed E-state index contributed by atoms with van der Waals surface area (Å²) < 4.78 is 0. The maximum atomic E-state index is 12.6. The fourth-order valence-electron chi connectivity index (χ4n) is 4.47. The van der Waals surface area contributed by atoms with Crippen LogP contribution in [0, 0.1) is 11.8 Å². The van der Waals surface area contributed by atoms with Gasteiger partial charge in [0.05, 0.1) is 12.1 Å². The van der Waals surface area contributed by atoms with E-state index < -0.39 is 6.10 Å². The predicted molar refractivity (Wildman–Crippen MR) is 98.9 cm³/mol. The molecule has 2 fully saturated rings. The standard InChI is InChI=1S/C20H38N2O2/c1-4-12-22-14-19(23)18(11-10-16(22)3)21-20(24)15(2)13-17-8-6-5-7-9-17/h15-19,23H,4-14H2,1-3H3,(H,21,24)/t15-,16+,18-,19-/m0/s1. The summed E-state index contributed by atoms with van der Waals surface area (Å²) >= 11 is 0. The lowest BCUT2D eigenvalue weighted by Crippen LogP contribution is -2.48. The largest absolute Gasteiger partial charge is 0.390 e. The molecule has 0 unspecified atom stereocenters. The van der Waals surface area contributed by atoms with Gasteiger partial charge in [-0.3, -0.25) is 9.69 Å². The Balaban J connectivity index is 1.83. The molecule has 0 radical (unpaired) electrons. The highest BCUT2D eigenvalue weighted by Gasteiger charge is 2.31. The quantitative estimate of drug-likeness (QED) is 0.781. The number of β-amino-alcohol motifs (C(OH)–C–C–N with tert-alkyl or cyclic N) is 1. The second kappa shape index (κ2) is 9.76. The second-order valence-electron chi connectivity index (χ2n) is 8.24. The van der Waals surface area contributed by atoms with Crippen LogP contribution in [0.25, 0.3) is 0 Å². The molecule has 0 aromatic carbocycles. The van der Waals surface area contributed by atoms with Gasteiger partial charge < -0.3 is 10.4 Å². The Bertz CT molecular complexity index is 382. The molecule has 0 aromatic rings. The Morgan fingerprint density at radius 1 is 1.21 bits per heavy atom. The number of nitrogens with zero attached hydrogens (tertiary/aromatic N) is 1. The lowest BCUT2D eigenvalue weighted by Gasteiger charge is -2.29. The molecule has 0 aromatic heterocycles. The van der Waals surface area contributed by atoms with Gasteiger partial charge in [0, 0.05) is 18.5 Å². The molecule has 140 valence electrons. The molecule has 24 heavy (non-hydrogen) atoms. The normalized spacial score (nSPS) is 31.4. The van der Waals surface area contributed by atoms with Crippen LogP contribution in [0.4, 0.5) is 0 Å². The highest BCUT2D eigenvalue weighted by atomic mass is 16.3. The zero-order valence-corrected chi connectivity index (χ0v) is 16.0. The monoisotopic (exact) mass is 338 g/mol. The summed E-state index contributed by atoms with van der Waals surface area (Å²) in [5.74, 6) is 0.924. The van der Waals surface area contributed by atoms with Crippen molar-refractivity contribution in [3.63, 3.8) is 0 Å². The zero-order valence-electron chi connectivity index (χ0n) is 16.0. The molecule has 1 amide bonds. The van der Waals surface area contributed by atoms with Crippen molar-refractivity contribution in [1.82, 2.24) is 10.2 Å². The van der Waals surface area contributed by atoms with Crippen molar-refractivity contribution in [1.29, 1.82) is 0 Å². The van der Waals surface area contributed by atoms with Crippen molar-refractivity contribution in [2.24, 2.45) is 11.8 Å². The third-order valence-electron chi connectivity index (χ3n) is 6.10. The SMILES string of the molecule is CCCN1C[C@H](O)[C@@H](NC(=O)[C@@H](C)CC2CCCCC2)CC[C@H]1C. The van der Waals surface area contributed by atoms with Gasteiger partial charge in [0.25, 0.3) is 0 Å². The van der Waals surface area contributed by atoms with Gasteiger partial charge in [-0.15, -0.1) is 0 Å². The molecule has 2 aliphatic rings. The number of hydrogen-bond donors (Lipinski definition) is 2. The first-order chi connectivity index (χ1) is 11.5. The van der Waals surface area contributed by atoms with Crippen molar-refractivity contribution in [3.05, 3.63) is 0 Å². The van der Waals surface area contributed by atoms with Gasteiger partial charge in [-0.25, -0.2) is 0 Å². The number of carbonyl (C=O) groups excluding carboxylic acids is 1. The smallest absolute Gasteiger partial charge is 0.223 e. The maximum absolute atomic E-state index is 12.6. The Morgan fingerprint density at radius 2 is 1.92 bits per heavy atom. The lowest BCUT2D eigenvalue weighted by molar-refractivity contribution is -0.126. The van der Waals surface area contributed by atoms with E-state index in [1.807, 2.05) is 0 Å². The van der Waals surface area contributed by atoms with Gasteiger partial charge in [0.2, 0.25) is 5.91 Å². The van der Waals surface area contributed by atoms with Crippen LogP contribution in [0.2, 0.25) is 0 Å². The van der Waals surface area contributed by atoms with Crippen LogP contribution in [-0.4, -0.2) is 47.2 Å². The van der Waals surface area contributed by atoms with Gasteiger partial charge in [-0.2, -0.15) is 0 Å². The number of amides is 1. The molecule has 1 saturated heterocycles. The van der Waals surface area contributed by atoms with E-state index in [4.69, 9.17) is 0 Å². The molecule has 4 heteroatoms. The van der Waals surface area contributed by atoms with Gasteiger partial charge in [-0.1, -0.05) is 46.0 Å². The van der Waals surface area contributed by atoms with E-state index in [1.54, 1.807) is 0 Å². The first kappa shape index (κ1) is 19.7. The third-order valence-corrected chi connectivity index (χ3v) is 6.10. The van der Waals surface area contributed by atoms with E-state index in [-0.39, 0.29) is 17.9 Å². The van der Waals surface area contributed by atoms with E-state index in [9.17, 15) is 9.90 Å². The van der Waals surface area contributed by atoms with E-state index in [0.717, 1.165) is 38.1 Å². The summed E-state index contributed by atoms with van der Waals surface area (Å²) in [6.07, 6.45) is 10.2. The van der Waals surface area contributed by atoms with E-state index in [1.165, 1.54) is 32.1 Å². The van der Waals surface area contributed by atoms with E-state index >= 15 is 0 Å². The number of nitrogens with one attached hydrogen (secondary N) is 1. The number of aliphatic hydroxyl groups excluding tert-OH is 1. The summed E-state index contributed by atoms with van der Waals surface area (Å²) in [4.78, 5) is 15.0. The second-order valence-corrected chi connectivity index (χ2v) is 8.24. The van der Waals surface area contributed by atoms with Crippen molar-refractivity contribution < 1.29 is 9.90 Å². The van der Waals surface area contributed by atoms with Crippen LogP contribution in [0.5, 0.6) is 0 Å². The Hall–Kier alpha value is -0.610. The average Bonchev–Trinajstić information content (AvgIpc) is 2.69. The average molecular weight is 339 g/mol. The number of aliphatic hydroxyl groups is 1. The molecule has 1 saturated carbocycles. The highest BCUT2D eigenvalue weighted by molar-refractivity contribution is 5.78. The molecule has 2 rings (SSSR count). The van der Waals surface area contributed by atoms with Gasteiger partial charge in [0.1, 0.15) is 0 Å². The molecular formula is C20H38N2O2. The number of likely N-dealkylation sites (tertiary alicyclic amines) is 1. The molecule has 1 heterocycles. The van der Waals surface area contributed by atoms with Crippen LogP contribution < -0.4 is 5.32 Å².